The van der Waals surface area contributed by atoms with Gasteiger partial charge < -0.3 is 4.74 Å². The van der Waals surface area contributed by atoms with Gasteiger partial charge in [0.05, 0.1) is 12.8 Å². The maximum Gasteiger partial charge on any atom is 0.160 e. The molecular formula is C19H19N5O. The van der Waals surface area contributed by atoms with Crippen LogP contribution in [0.5, 0.6) is 5.75 Å². The number of hydrogen-bond donors (Lipinski definition) is 0. The van der Waals surface area contributed by atoms with Gasteiger partial charge in [0.25, 0.3) is 0 Å². The summed E-state index contributed by atoms with van der Waals surface area (Å²) < 4.78 is 5.42. The van der Waals surface area contributed by atoms with E-state index in [1.807, 2.05) is 30.6 Å². The standard InChI is InChI=1S/C19H19N5O/c1-25-18-4-7-21-10-16(18)13-24-8-5-17-15(12-24)11-22-19(23-17)14-3-2-6-20-9-14/h2-4,6-7,9-11H,5,8,12-13H2,1H3. The lowest BCUT2D eigenvalue weighted by Gasteiger charge is -2.28. The molecule has 1 aliphatic rings. The summed E-state index contributed by atoms with van der Waals surface area (Å²) >= 11 is 0. The van der Waals surface area contributed by atoms with Gasteiger partial charge in [0.15, 0.2) is 5.82 Å². The molecule has 3 aromatic rings. The Labute approximate surface area is 146 Å². The molecule has 0 unspecified atom stereocenters. The van der Waals surface area contributed by atoms with E-state index in [1.165, 1.54) is 5.56 Å². The molecule has 25 heavy (non-hydrogen) atoms. The third-order valence-electron chi connectivity index (χ3n) is 4.41. The van der Waals surface area contributed by atoms with Crippen LogP contribution in [0.1, 0.15) is 16.8 Å². The second kappa shape index (κ2) is 6.94. The molecule has 0 saturated heterocycles. The zero-order chi connectivity index (χ0) is 17.1. The van der Waals surface area contributed by atoms with Crippen molar-refractivity contribution in [3.05, 3.63) is 66.0 Å². The zero-order valence-corrected chi connectivity index (χ0v) is 14.1. The number of fused-ring (bicyclic) bond motifs is 1. The van der Waals surface area contributed by atoms with E-state index < -0.39 is 0 Å². The van der Waals surface area contributed by atoms with Crippen molar-refractivity contribution in [3.8, 4) is 17.1 Å². The number of ether oxygens (including phenoxy) is 1. The second-order valence-corrected chi connectivity index (χ2v) is 6.06. The molecule has 0 aromatic carbocycles. The van der Waals surface area contributed by atoms with Crippen molar-refractivity contribution in [2.45, 2.75) is 19.5 Å². The van der Waals surface area contributed by atoms with E-state index >= 15 is 0 Å². The smallest absolute Gasteiger partial charge is 0.160 e. The predicted octanol–water partition coefficient (Wildman–Crippen LogP) is 2.50. The molecule has 0 fully saturated rings. The zero-order valence-electron chi connectivity index (χ0n) is 14.1. The van der Waals surface area contributed by atoms with Crippen LogP contribution in [-0.4, -0.2) is 38.5 Å². The molecule has 0 aliphatic carbocycles. The Morgan fingerprint density at radius 3 is 2.88 bits per heavy atom. The summed E-state index contributed by atoms with van der Waals surface area (Å²) in [5.74, 6) is 1.62. The summed E-state index contributed by atoms with van der Waals surface area (Å²) in [5.41, 5.74) is 4.36. The highest BCUT2D eigenvalue weighted by molar-refractivity contribution is 5.53. The Kier molecular flexibility index (Phi) is 4.35. The molecule has 0 N–H and O–H groups in total. The molecule has 0 atom stereocenters. The van der Waals surface area contributed by atoms with Gasteiger partial charge >= 0.3 is 0 Å². The Morgan fingerprint density at radius 1 is 1.12 bits per heavy atom. The Balaban J connectivity index is 1.52. The van der Waals surface area contributed by atoms with Crippen molar-refractivity contribution in [1.29, 1.82) is 0 Å². The van der Waals surface area contributed by atoms with Gasteiger partial charge in [-0.2, -0.15) is 0 Å². The summed E-state index contributed by atoms with van der Waals surface area (Å²) in [6, 6.07) is 5.79. The molecule has 6 heteroatoms. The van der Waals surface area contributed by atoms with Gasteiger partial charge in [-0.05, 0) is 18.2 Å². The highest BCUT2D eigenvalue weighted by Gasteiger charge is 2.20. The largest absolute Gasteiger partial charge is 0.496 e. The molecule has 0 amide bonds. The molecule has 0 saturated carbocycles. The SMILES string of the molecule is COc1ccncc1CN1CCc2nc(-c3cccnc3)ncc2C1. The summed E-state index contributed by atoms with van der Waals surface area (Å²) in [6.45, 7) is 2.59. The number of pyridine rings is 2. The van der Waals surface area contributed by atoms with E-state index in [9.17, 15) is 0 Å². The average Bonchev–Trinajstić information content (AvgIpc) is 2.68. The summed E-state index contributed by atoms with van der Waals surface area (Å²) in [6.07, 6.45) is 10.0. The van der Waals surface area contributed by atoms with Crippen molar-refractivity contribution in [1.82, 2.24) is 24.8 Å². The second-order valence-electron chi connectivity index (χ2n) is 6.06. The topological polar surface area (TPSA) is 64.0 Å². The first kappa shape index (κ1) is 15.7. The Bertz CT molecular complexity index is 869. The van der Waals surface area contributed by atoms with Crippen LogP contribution in [0, 0.1) is 0 Å². The van der Waals surface area contributed by atoms with Gasteiger partial charge in [-0.1, -0.05) is 0 Å². The monoisotopic (exact) mass is 333 g/mol. The minimum Gasteiger partial charge on any atom is -0.496 e. The highest BCUT2D eigenvalue weighted by atomic mass is 16.5. The minimum atomic E-state index is 0.745. The van der Waals surface area contributed by atoms with E-state index in [4.69, 9.17) is 9.72 Å². The first-order valence-electron chi connectivity index (χ1n) is 8.28. The van der Waals surface area contributed by atoms with E-state index in [2.05, 4.69) is 19.9 Å². The maximum atomic E-state index is 5.42. The lowest BCUT2D eigenvalue weighted by Crippen LogP contribution is -2.31. The molecule has 0 bridgehead atoms. The van der Waals surface area contributed by atoms with Crippen LogP contribution in [0.4, 0.5) is 0 Å². The fraction of sp³-hybridized carbons (Fsp3) is 0.263. The Hall–Kier alpha value is -2.86. The van der Waals surface area contributed by atoms with Crippen molar-refractivity contribution >= 4 is 0 Å². The third kappa shape index (κ3) is 3.34. The number of nitrogens with zero attached hydrogens (tertiary/aromatic N) is 5. The van der Waals surface area contributed by atoms with E-state index in [-0.39, 0.29) is 0 Å². The van der Waals surface area contributed by atoms with Crippen LogP contribution in [0.3, 0.4) is 0 Å². The lowest BCUT2D eigenvalue weighted by molar-refractivity contribution is 0.239. The van der Waals surface area contributed by atoms with Gasteiger partial charge in [0, 0.05) is 73.7 Å². The minimum absolute atomic E-state index is 0.745. The molecule has 6 nitrogen and oxygen atoms in total. The van der Waals surface area contributed by atoms with Crippen LogP contribution in [0.15, 0.2) is 49.2 Å². The number of rotatable bonds is 4. The van der Waals surface area contributed by atoms with Crippen molar-refractivity contribution in [2.75, 3.05) is 13.7 Å². The molecule has 4 heterocycles. The molecule has 4 rings (SSSR count). The van der Waals surface area contributed by atoms with Gasteiger partial charge in [-0.25, -0.2) is 9.97 Å². The molecule has 126 valence electrons. The van der Waals surface area contributed by atoms with Crippen molar-refractivity contribution in [2.24, 2.45) is 0 Å². The molecule has 1 aliphatic heterocycles. The van der Waals surface area contributed by atoms with Crippen LogP contribution in [0.2, 0.25) is 0 Å². The van der Waals surface area contributed by atoms with E-state index in [1.54, 1.807) is 25.7 Å². The van der Waals surface area contributed by atoms with E-state index in [0.29, 0.717) is 0 Å². The van der Waals surface area contributed by atoms with Crippen LogP contribution < -0.4 is 4.74 Å². The van der Waals surface area contributed by atoms with Crippen LogP contribution in [0.25, 0.3) is 11.4 Å². The van der Waals surface area contributed by atoms with Crippen molar-refractivity contribution in [3.63, 3.8) is 0 Å². The molecule has 0 spiro atoms. The van der Waals surface area contributed by atoms with Crippen LogP contribution in [-0.2, 0) is 19.5 Å². The van der Waals surface area contributed by atoms with Gasteiger partial charge in [0.1, 0.15) is 5.75 Å². The summed E-state index contributed by atoms with van der Waals surface area (Å²) in [5, 5.41) is 0. The fourth-order valence-corrected chi connectivity index (χ4v) is 3.12. The summed E-state index contributed by atoms with van der Waals surface area (Å²) in [7, 11) is 1.69. The average molecular weight is 333 g/mol. The molecule has 3 aromatic heterocycles. The molecule has 0 radical (unpaired) electrons. The summed E-state index contributed by atoms with van der Waals surface area (Å²) in [4.78, 5) is 20.0. The first-order valence-corrected chi connectivity index (χ1v) is 8.28. The molecular weight excluding hydrogens is 314 g/mol. The van der Waals surface area contributed by atoms with Gasteiger partial charge in [0.2, 0.25) is 0 Å². The Morgan fingerprint density at radius 2 is 2.04 bits per heavy atom. The normalized spacial score (nSPS) is 14.1. The maximum absolute atomic E-state index is 5.42. The quantitative estimate of drug-likeness (QED) is 0.731. The fourth-order valence-electron chi connectivity index (χ4n) is 3.12. The number of methoxy groups -OCH3 is 1. The third-order valence-corrected chi connectivity index (χ3v) is 4.41. The lowest BCUT2D eigenvalue weighted by atomic mass is 10.1. The van der Waals surface area contributed by atoms with E-state index in [0.717, 1.165) is 54.4 Å². The van der Waals surface area contributed by atoms with Crippen LogP contribution >= 0.6 is 0 Å². The van der Waals surface area contributed by atoms with Crippen molar-refractivity contribution < 1.29 is 4.74 Å². The number of aromatic nitrogens is 4. The first-order chi connectivity index (χ1) is 12.3. The predicted molar refractivity (Wildman–Crippen MR) is 93.9 cm³/mol. The van der Waals surface area contributed by atoms with Gasteiger partial charge in [-0.15, -0.1) is 0 Å². The highest BCUT2D eigenvalue weighted by Crippen LogP contribution is 2.24. The van der Waals surface area contributed by atoms with Gasteiger partial charge in [-0.3, -0.25) is 14.9 Å². The number of hydrogen-bond acceptors (Lipinski definition) is 6.